The van der Waals surface area contributed by atoms with E-state index < -0.39 is 82.0 Å². The Balaban J connectivity index is 1.02. The van der Waals surface area contributed by atoms with Gasteiger partial charge in [0.1, 0.15) is 35.8 Å². The van der Waals surface area contributed by atoms with Crippen molar-refractivity contribution in [1.82, 2.24) is 39.0 Å². The number of rotatable bonds is 10. The number of ether oxygens (including phenoxy) is 2. The number of halogens is 1. The van der Waals surface area contributed by atoms with Crippen LogP contribution < -0.4 is 17.0 Å². The lowest BCUT2D eigenvalue weighted by atomic mass is 10.0. The van der Waals surface area contributed by atoms with Crippen molar-refractivity contribution in [1.29, 1.82) is 0 Å². The van der Waals surface area contributed by atoms with E-state index in [1.165, 1.54) is 28.1 Å². The SMILES string of the molecule is Nc1nc2c(ncn2[C@@H]2O[C@@]3(COP(=O)(O)O[C@H]4[C@@H](F)[C@H](n5cnc6c(N)ncnc65)[C@H]5C[C@@]54COP(=O)(O)O)CO[C@@H]2C3)c(=O)[nH]1. The first kappa shape index (κ1) is 30.9. The number of H-pyrrole nitrogens is 1. The number of nitrogens with zero attached hydrogens (tertiary/aromatic N) is 7. The number of aromatic nitrogens is 8. The number of alkyl halides is 1. The summed E-state index contributed by atoms with van der Waals surface area (Å²) in [5.74, 6) is -0.728. The lowest BCUT2D eigenvalue weighted by molar-refractivity contribution is -0.181. The van der Waals surface area contributed by atoms with Gasteiger partial charge in [-0.2, -0.15) is 4.98 Å². The van der Waals surface area contributed by atoms with Gasteiger partial charge in [-0.25, -0.2) is 33.5 Å². The summed E-state index contributed by atoms with van der Waals surface area (Å²) >= 11 is 0. The third kappa shape index (κ3) is 4.98. The minimum absolute atomic E-state index is 0.0188. The minimum atomic E-state index is -5.07. The maximum Gasteiger partial charge on any atom is 0.472 e. The Bertz CT molecular complexity index is 2070. The van der Waals surface area contributed by atoms with E-state index in [0.29, 0.717) is 0 Å². The third-order valence-electron chi connectivity index (χ3n) is 9.27. The zero-order valence-electron chi connectivity index (χ0n) is 23.9. The molecule has 0 spiro atoms. The fraction of sp³-hybridized carbons (Fsp3) is 0.565. The standard InChI is InChI=1S/C23H27FN10O11P2/c24-11-14(33-7-29-12-16(25)27-6-28-17(12)33)9-1-23(9,5-42-46(36,37)38)15(11)45-47(39,40)43-4-22-2-10(41-3-22)20(44-22)34-8-30-13-18(34)31-21(26)32-19(13)35/h6-11,14-15,20H,1-5H2,(H,39,40)(H2,25,27,28)(H2,36,37,38)(H3,26,31,32,35)/t9-,10-,11+,14-,15+,20-,22-,23-/m1/s1. The summed E-state index contributed by atoms with van der Waals surface area (Å²) < 4.78 is 71.7. The molecule has 4 aliphatic rings. The van der Waals surface area contributed by atoms with Crippen molar-refractivity contribution in [2.75, 3.05) is 31.3 Å². The van der Waals surface area contributed by atoms with Crippen LogP contribution in [0.5, 0.6) is 0 Å². The van der Waals surface area contributed by atoms with Crippen LogP contribution in [0.15, 0.2) is 23.8 Å². The number of phosphoric ester groups is 2. The minimum Gasteiger partial charge on any atom is -0.382 e. The summed E-state index contributed by atoms with van der Waals surface area (Å²) in [6, 6.07) is -1.07. The molecule has 9 atom stereocenters. The van der Waals surface area contributed by atoms with Crippen molar-refractivity contribution in [3.05, 3.63) is 29.3 Å². The number of hydrogen-bond acceptors (Lipinski definition) is 15. The molecule has 0 radical (unpaired) electrons. The quantitative estimate of drug-likeness (QED) is 0.116. The van der Waals surface area contributed by atoms with Gasteiger partial charge in [0.15, 0.2) is 28.9 Å². The van der Waals surface area contributed by atoms with Crippen molar-refractivity contribution in [2.24, 2.45) is 11.3 Å². The summed E-state index contributed by atoms with van der Waals surface area (Å²) in [5, 5.41) is 0. The molecular formula is C23H27FN10O11P2. The molecule has 252 valence electrons. The highest BCUT2D eigenvalue weighted by Crippen LogP contribution is 2.72. The first-order valence-electron chi connectivity index (χ1n) is 14.1. The van der Waals surface area contributed by atoms with Crippen molar-refractivity contribution in [2.45, 2.75) is 49.1 Å². The molecule has 8 N–H and O–H groups in total. The molecule has 0 amide bonds. The monoisotopic (exact) mass is 700 g/mol. The molecule has 0 aromatic carbocycles. The number of anilines is 2. The molecule has 2 aliphatic carbocycles. The molecule has 2 saturated carbocycles. The molecule has 2 saturated heterocycles. The number of imidazole rings is 2. The van der Waals surface area contributed by atoms with Crippen LogP contribution in [-0.2, 0) is 32.2 Å². The summed E-state index contributed by atoms with van der Waals surface area (Å²) in [5.41, 5.74) is 8.97. The average Bonchev–Trinajstić information content (AvgIpc) is 3.51. The molecule has 2 bridgehead atoms. The zero-order valence-corrected chi connectivity index (χ0v) is 25.7. The lowest BCUT2D eigenvalue weighted by Gasteiger charge is -2.32. The second-order valence-corrected chi connectivity index (χ2v) is 14.8. The Morgan fingerprint density at radius 1 is 1.04 bits per heavy atom. The van der Waals surface area contributed by atoms with Crippen LogP contribution in [0, 0.1) is 11.3 Å². The van der Waals surface area contributed by atoms with E-state index in [2.05, 4.69) is 29.9 Å². The third-order valence-corrected chi connectivity index (χ3v) is 10.7. The van der Waals surface area contributed by atoms with Gasteiger partial charge in [0, 0.05) is 11.8 Å². The molecule has 8 rings (SSSR count). The highest BCUT2D eigenvalue weighted by atomic mass is 31.2. The number of nitrogens with one attached hydrogen (secondary N) is 1. The number of fused-ring (bicyclic) bond motifs is 5. The molecule has 6 heterocycles. The largest absolute Gasteiger partial charge is 0.472 e. The molecule has 4 fully saturated rings. The van der Waals surface area contributed by atoms with Crippen LogP contribution in [0.25, 0.3) is 22.3 Å². The molecule has 1 unspecified atom stereocenters. The Morgan fingerprint density at radius 2 is 1.81 bits per heavy atom. The maximum atomic E-state index is 16.3. The Morgan fingerprint density at radius 3 is 2.60 bits per heavy atom. The molecule has 4 aromatic rings. The number of nitrogens with two attached hydrogens (primary N) is 2. The maximum absolute atomic E-state index is 16.3. The first-order chi connectivity index (χ1) is 22.2. The van der Waals surface area contributed by atoms with E-state index in [9.17, 15) is 28.6 Å². The normalized spacial score (nSPS) is 34.3. The molecular weight excluding hydrogens is 673 g/mol. The van der Waals surface area contributed by atoms with Crippen LogP contribution in [0.1, 0.15) is 25.1 Å². The Kier molecular flexibility index (Phi) is 6.76. The second kappa shape index (κ2) is 10.3. The van der Waals surface area contributed by atoms with Crippen LogP contribution >= 0.6 is 15.6 Å². The predicted octanol–water partition coefficient (Wildman–Crippen LogP) is -0.309. The van der Waals surface area contributed by atoms with E-state index >= 15 is 4.39 Å². The fourth-order valence-electron chi connectivity index (χ4n) is 7.12. The Hall–Kier alpha value is -3.43. The summed E-state index contributed by atoms with van der Waals surface area (Å²) in [4.78, 5) is 64.6. The predicted molar refractivity (Wildman–Crippen MR) is 153 cm³/mol. The lowest BCUT2D eigenvalue weighted by Crippen LogP contribution is -2.40. The molecule has 21 nitrogen and oxygen atoms in total. The zero-order chi connectivity index (χ0) is 33.1. The first-order valence-corrected chi connectivity index (χ1v) is 17.2. The van der Waals surface area contributed by atoms with Crippen LogP contribution in [0.3, 0.4) is 0 Å². The smallest absolute Gasteiger partial charge is 0.382 e. The van der Waals surface area contributed by atoms with Crippen molar-refractivity contribution in [3.63, 3.8) is 0 Å². The number of hydrogen-bond donors (Lipinski definition) is 6. The van der Waals surface area contributed by atoms with Gasteiger partial charge < -0.3 is 40.2 Å². The van der Waals surface area contributed by atoms with Gasteiger partial charge in [-0.3, -0.25) is 27.9 Å². The fourth-order valence-corrected chi connectivity index (χ4v) is 8.60. The highest BCUT2D eigenvalue weighted by Gasteiger charge is 2.74. The summed E-state index contributed by atoms with van der Waals surface area (Å²) in [6.45, 7) is -1.20. The van der Waals surface area contributed by atoms with Gasteiger partial charge in [-0.15, -0.1) is 0 Å². The molecule has 24 heteroatoms. The van der Waals surface area contributed by atoms with E-state index in [1.54, 1.807) is 0 Å². The van der Waals surface area contributed by atoms with Crippen LogP contribution in [0.4, 0.5) is 16.2 Å². The molecule has 4 aromatic heterocycles. The van der Waals surface area contributed by atoms with Gasteiger partial charge >= 0.3 is 15.6 Å². The number of aromatic amines is 1. The van der Waals surface area contributed by atoms with Gasteiger partial charge in [-0.05, 0) is 12.3 Å². The van der Waals surface area contributed by atoms with E-state index in [-0.39, 0.29) is 53.5 Å². The van der Waals surface area contributed by atoms with Gasteiger partial charge in [0.2, 0.25) is 5.95 Å². The van der Waals surface area contributed by atoms with Crippen LogP contribution in [0.2, 0.25) is 0 Å². The van der Waals surface area contributed by atoms with E-state index in [4.69, 9.17) is 34.5 Å². The molecule has 47 heavy (non-hydrogen) atoms. The van der Waals surface area contributed by atoms with Crippen molar-refractivity contribution in [3.8, 4) is 0 Å². The summed E-state index contributed by atoms with van der Waals surface area (Å²) in [7, 11) is -10.1. The molecule has 2 aliphatic heterocycles. The second-order valence-electron chi connectivity index (χ2n) is 12.1. The summed E-state index contributed by atoms with van der Waals surface area (Å²) in [6.07, 6.45) is -0.925. The van der Waals surface area contributed by atoms with Gasteiger partial charge in [0.25, 0.3) is 5.56 Å². The topological polar surface area (TPSA) is 300 Å². The number of phosphoric acid groups is 2. The van der Waals surface area contributed by atoms with Gasteiger partial charge in [-0.1, -0.05) is 0 Å². The average molecular weight is 700 g/mol. The number of nitrogen functional groups attached to an aromatic ring is 2. The van der Waals surface area contributed by atoms with E-state index in [0.717, 1.165) is 0 Å². The highest BCUT2D eigenvalue weighted by molar-refractivity contribution is 7.47. The van der Waals surface area contributed by atoms with Crippen LogP contribution in [-0.4, -0.2) is 97.5 Å². The van der Waals surface area contributed by atoms with Gasteiger partial charge in [0.05, 0.1) is 38.5 Å². The Labute approximate surface area is 261 Å². The van der Waals surface area contributed by atoms with E-state index in [1.807, 2.05) is 0 Å². The van der Waals surface area contributed by atoms with Crippen molar-refractivity contribution >= 4 is 49.7 Å². The van der Waals surface area contributed by atoms with Crippen molar-refractivity contribution < 1.29 is 51.2 Å².